The first-order chi connectivity index (χ1) is 6.29. The van der Waals surface area contributed by atoms with E-state index >= 15 is 0 Å². The predicted octanol–water partition coefficient (Wildman–Crippen LogP) is 2.30. The zero-order chi connectivity index (χ0) is 9.26. The highest BCUT2D eigenvalue weighted by atomic mass is 16.5. The van der Waals surface area contributed by atoms with Gasteiger partial charge in [0.15, 0.2) is 0 Å². The van der Waals surface area contributed by atoms with E-state index in [0.717, 1.165) is 37.9 Å². The first-order valence-corrected chi connectivity index (χ1v) is 5.06. The van der Waals surface area contributed by atoms with Crippen molar-refractivity contribution in [3.8, 4) is 0 Å². The lowest BCUT2D eigenvalue weighted by Gasteiger charge is -2.32. The average Bonchev–Trinajstić information content (AvgIpc) is 2.17. The van der Waals surface area contributed by atoms with E-state index in [9.17, 15) is 4.79 Å². The molecule has 0 radical (unpaired) electrons. The number of Topliss-reactive ketones (excluding diaryl/α,β-unsaturated/α-hetero) is 1. The Morgan fingerprint density at radius 2 is 2.23 bits per heavy atom. The molecule has 2 aliphatic carbocycles. The second-order valence-electron chi connectivity index (χ2n) is 4.08. The van der Waals surface area contributed by atoms with Gasteiger partial charge in [-0.3, -0.25) is 4.79 Å². The third kappa shape index (κ3) is 1.77. The number of methoxy groups -OCH3 is 1. The Labute approximate surface area is 79.0 Å². The van der Waals surface area contributed by atoms with Crippen LogP contribution in [0.2, 0.25) is 0 Å². The molecule has 0 aromatic carbocycles. The highest BCUT2D eigenvalue weighted by Crippen LogP contribution is 2.37. The first-order valence-electron chi connectivity index (χ1n) is 5.06. The van der Waals surface area contributed by atoms with Crippen LogP contribution in [0.25, 0.3) is 0 Å². The molecule has 2 rings (SSSR count). The van der Waals surface area contributed by atoms with E-state index in [1.165, 1.54) is 0 Å². The van der Waals surface area contributed by atoms with E-state index < -0.39 is 0 Å². The van der Waals surface area contributed by atoms with Crippen LogP contribution in [0.5, 0.6) is 0 Å². The van der Waals surface area contributed by atoms with Gasteiger partial charge in [-0.05, 0) is 30.8 Å². The molecule has 1 saturated carbocycles. The minimum absolute atomic E-state index is 0.454. The van der Waals surface area contributed by atoms with Crippen LogP contribution in [0, 0.1) is 11.8 Å². The maximum atomic E-state index is 11.2. The third-order valence-electron chi connectivity index (χ3n) is 3.28. The smallest absolute Gasteiger partial charge is 0.133 e. The number of allylic oxidation sites excluding steroid dienone is 2. The van der Waals surface area contributed by atoms with E-state index in [4.69, 9.17) is 4.74 Å². The lowest BCUT2D eigenvalue weighted by Crippen LogP contribution is -2.26. The fraction of sp³-hybridized carbons (Fsp3) is 0.727. The molecule has 2 atom stereocenters. The third-order valence-corrected chi connectivity index (χ3v) is 3.28. The van der Waals surface area contributed by atoms with Gasteiger partial charge in [-0.1, -0.05) is 0 Å². The van der Waals surface area contributed by atoms with Crippen LogP contribution in [-0.4, -0.2) is 12.9 Å². The van der Waals surface area contributed by atoms with Crippen molar-refractivity contribution in [2.45, 2.75) is 32.1 Å². The summed E-state index contributed by atoms with van der Waals surface area (Å²) in [5, 5.41) is 0. The van der Waals surface area contributed by atoms with Gasteiger partial charge in [0.05, 0.1) is 12.9 Å². The van der Waals surface area contributed by atoms with E-state index in [1.807, 2.05) is 0 Å². The van der Waals surface area contributed by atoms with Crippen molar-refractivity contribution in [2.75, 3.05) is 7.11 Å². The summed E-state index contributed by atoms with van der Waals surface area (Å²) < 4.78 is 5.24. The van der Waals surface area contributed by atoms with Gasteiger partial charge in [-0.15, -0.1) is 0 Å². The van der Waals surface area contributed by atoms with E-state index in [-0.39, 0.29) is 0 Å². The summed E-state index contributed by atoms with van der Waals surface area (Å²) in [6.45, 7) is 0. The summed E-state index contributed by atoms with van der Waals surface area (Å²) in [6.07, 6.45) is 7.00. The van der Waals surface area contributed by atoms with Gasteiger partial charge in [0.25, 0.3) is 0 Å². The topological polar surface area (TPSA) is 26.3 Å². The molecule has 0 spiro atoms. The van der Waals surface area contributed by atoms with Crippen LogP contribution in [0.3, 0.4) is 0 Å². The molecular weight excluding hydrogens is 164 g/mol. The number of hydrogen-bond donors (Lipinski definition) is 0. The zero-order valence-electron chi connectivity index (χ0n) is 8.08. The van der Waals surface area contributed by atoms with Gasteiger partial charge in [-0.25, -0.2) is 0 Å². The standard InChI is InChI=1S/C11H16O2/c1-13-11-5-3-8-6-10(12)4-2-9(8)7-11/h7-9H,2-6H2,1H3/t8-,9-/m0/s1. The molecule has 0 N–H and O–H groups in total. The summed E-state index contributed by atoms with van der Waals surface area (Å²) in [6, 6.07) is 0. The molecule has 2 nitrogen and oxygen atoms in total. The molecule has 0 amide bonds. The highest BCUT2D eigenvalue weighted by molar-refractivity contribution is 5.79. The van der Waals surface area contributed by atoms with Gasteiger partial charge in [0.1, 0.15) is 5.78 Å². The molecule has 0 unspecified atom stereocenters. The number of carbonyl (C=O) groups excluding carboxylic acids is 1. The van der Waals surface area contributed by atoms with E-state index in [1.54, 1.807) is 7.11 Å². The zero-order valence-corrected chi connectivity index (χ0v) is 8.08. The molecule has 0 saturated heterocycles. The average molecular weight is 180 g/mol. The number of ketones is 1. The van der Waals surface area contributed by atoms with Crippen LogP contribution >= 0.6 is 0 Å². The summed E-state index contributed by atoms with van der Waals surface area (Å²) in [4.78, 5) is 11.2. The fourth-order valence-electron chi connectivity index (χ4n) is 2.46. The van der Waals surface area contributed by atoms with Gasteiger partial charge < -0.3 is 4.74 Å². The minimum atomic E-state index is 0.454. The van der Waals surface area contributed by atoms with E-state index in [0.29, 0.717) is 17.6 Å². The molecule has 72 valence electrons. The van der Waals surface area contributed by atoms with Crippen LogP contribution in [0.1, 0.15) is 32.1 Å². The molecule has 13 heavy (non-hydrogen) atoms. The minimum Gasteiger partial charge on any atom is -0.501 e. The predicted molar refractivity (Wildman–Crippen MR) is 50.2 cm³/mol. The lowest BCUT2D eigenvalue weighted by molar-refractivity contribution is -0.122. The van der Waals surface area contributed by atoms with Crippen molar-refractivity contribution < 1.29 is 9.53 Å². The Morgan fingerprint density at radius 1 is 1.38 bits per heavy atom. The first kappa shape index (κ1) is 8.79. The molecule has 1 fully saturated rings. The number of hydrogen-bond acceptors (Lipinski definition) is 2. The molecule has 2 heteroatoms. The molecule has 0 bridgehead atoms. The lowest BCUT2D eigenvalue weighted by atomic mass is 9.73. The summed E-state index contributed by atoms with van der Waals surface area (Å²) in [7, 11) is 1.74. The van der Waals surface area contributed by atoms with Gasteiger partial charge in [0, 0.05) is 19.3 Å². The van der Waals surface area contributed by atoms with Crippen molar-refractivity contribution in [2.24, 2.45) is 11.8 Å². The van der Waals surface area contributed by atoms with Crippen molar-refractivity contribution in [3.63, 3.8) is 0 Å². The Hall–Kier alpha value is -0.790. The van der Waals surface area contributed by atoms with Gasteiger partial charge in [0.2, 0.25) is 0 Å². The monoisotopic (exact) mass is 180 g/mol. The quantitative estimate of drug-likeness (QED) is 0.619. The maximum Gasteiger partial charge on any atom is 0.133 e. The van der Waals surface area contributed by atoms with Crippen LogP contribution in [-0.2, 0) is 9.53 Å². The Bertz CT molecular complexity index is 242. The fourth-order valence-corrected chi connectivity index (χ4v) is 2.46. The second-order valence-corrected chi connectivity index (χ2v) is 4.08. The number of rotatable bonds is 1. The van der Waals surface area contributed by atoms with Crippen molar-refractivity contribution in [1.29, 1.82) is 0 Å². The summed E-state index contributed by atoms with van der Waals surface area (Å²) in [5.41, 5.74) is 0. The molecule has 0 aromatic rings. The molecule has 2 aliphatic rings. The number of carbonyl (C=O) groups is 1. The van der Waals surface area contributed by atoms with Crippen molar-refractivity contribution in [1.82, 2.24) is 0 Å². The van der Waals surface area contributed by atoms with Crippen LogP contribution in [0.4, 0.5) is 0 Å². The van der Waals surface area contributed by atoms with Gasteiger partial charge >= 0.3 is 0 Å². The maximum absolute atomic E-state index is 11.2. The second kappa shape index (κ2) is 3.52. The van der Waals surface area contributed by atoms with Crippen LogP contribution < -0.4 is 0 Å². The highest BCUT2D eigenvalue weighted by Gasteiger charge is 2.30. The molecule has 0 heterocycles. The molecule has 0 aromatic heterocycles. The van der Waals surface area contributed by atoms with Crippen LogP contribution in [0.15, 0.2) is 11.8 Å². The van der Waals surface area contributed by atoms with Crippen molar-refractivity contribution in [3.05, 3.63) is 11.8 Å². The number of fused-ring (bicyclic) bond motifs is 1. The van der Waals surface area contributed by atoms with E-state index in [2.05, 4.69) is 6.08 Å². The van der Waals surface area contributed by atoms with Crippen molar-refractivity contribution >= 4 is 5.78 Å². The Kier molecular flexibility index (Phi) is 2.38. The Balaban J connectivity index is 2.07. The largest absolute Gasteiger partial charge is 0.501 e. The summed E-state index contributed by atoms with van der Waals surface area (Å²) in [5.74, 6) is 2.80. The number of ether oxygens (including phenoxy) is 1. The normalized spacial score (nSPS) is 33.6. The summed E-state index contributed by atoms with van der Waals surface area (Å²) >= 11 is 0. The Morgan fingerprint density at radius 3 is 3.00 bits per heavy atom. The molecule has 0 aliphatic heterocycles. The molecular formula is C11H16O2. The SMILES string of the molecule is COC1=C[C@@H]2CCC(=O)C[C@@H]2CC1. The van der Waals surface area contributed by atoms with Gasteiger partial charge in [-0.2, -0.15) is 0 Å².